The summed E-state index contributed by atoms with van der Waals surface area (Å²) < 4.78 is 38.3. The van der Waals surface area contributed by atoms with Gasteiger partial charge in [0.1, 0.15) is 0 Å². The van der Waals surface area contributed by atoms with Crippen LogP contribution in [0.15, 0.2) is 18.2 Å². The standard InChI is InChI=1S/C11H9BCl2F3.K/c13-8-1-7(2-9(14)3-8)10-4-11(5-10,6-10)12(15,16)17;/h1-3H,4-6H2;/q-1;+1. The van der Waals surface area contributed by atoms with Crippen molar-refractivity contribution in [2.45, 2.75) is 30.0 Å². The molecule has 18 heavy (non-hydrogen) atoms. The van der Waals surface area contributed by atoms with Gasteiger partial charge in [0.2, 0.25) is 0 Å². The van der Waals surface area contributed by atoms with Crippen LogP contribution in [0.5, 0.6) is 0 Å². The Labute approximate surface area is 156 Å². The summed E-state index contributed by atoms with van der Waals surface area (Å²) in [5, 5.41) is -0.387. The summed E-state index contributed by atoms with van der Waals surface area (Å²) in [6.45, 7) is -4.72. The second kappa shape index (κ2) is 4.65. The van der Waals surface area contributed by atoms with Crippen LogP contribution in [-0.2, 0) is 5.41 Å². The zero-order valence-corrected chi connectivity index (χ0v) is 14.5. The van der Waals surface area contributed by atoms with Crippen molar-refractivity contribution in [3.63, 3.8) is 0 Å². The number of benzene rings is 1. The Balaban J connectivity index is 0.00000120. The maximum absolute atomic E-state index is 12.8. The van der Waals surface area contributed by atoms with Crippen LogP contribution in [0.1, 0.15) is 24.8 Å². The molecular formula is C11H9BCl2F3K. The van der Waals surface area contributed by atoms with E-state index in [4.69, 9.17) is 23.2 Å². The third kappa shape index (κ3) is 2.14. The number of halogens is 5. The molecule has 92 valence electrons. The third-order valence-corrected chi connectivity index (χ3v) is 4.68. The molecule has 0 radical (unpaired) electrons. The monoisotopic (exact) mass is 318 g/mol. The summed E-state index contributed by atoms with van der Waals surface area (Å²) in [6.07, 6.45) is 0.626. The first-order chi connectivity index (χ1) is 7.76. The maximum atomic E-state index is 12.8. The predicted molar refractivity (Wildman–Crippen MR) is 63.8 cm³/mol. The van der Waals surface area contributed by atoms with Gasteiger partial charge in [0.05, 0.1) is 0 Å². The van der Waals surface area contributed by atoms with Gasteiger partial charge in [0, 0.05) is 10.0 Å². The summed E-state index contributed by atoms with van der Waals surface area (Å²) in [5.41, 5.74) is 0.545. The molecule has 1 aromatic rings. The largest absolute Gasteiger partial charge is 1.00 e. The number of hydrogen-bond donors (Lipinski definition) is 0. The molecule has 4 rings (SSSR count). The van der Waals surface area contributed by atoms with Gasteiger partial charge in [-0.2, -0.15) is 0 Å². The van der Waals surface area contributed by atoms with Crippen LogP contribution >= 0.6 is 23.2 Å². The van der Waals surface area contributed by atoms with Gasteiger partial charge in [-0.3, -0.25) is 0 Å². The van der Waals surface area contributed by atoms with Crippen molar-refractivity contribution in [3.8, 4) is 0 Å². The van der Waals surface area contributed by atoms with Crippen molar-refractivity contribution in [2.75, 3.05) is 0 Å². The van der Waals surface area contributed by atoms with E-state index >= 15 is 0 Å². The molecule has 0 aromatic heterocycles. The van der Waals surface area contributed by atoms with E-state index in [-0.39, 0.29) is 76.1 Å². The molecule has 3 aliphatic rings. The van der Waals surface area contributed by atoms with Crippen molar-refractivity contribution in [1.29, 1.82) is 0 Å². The average Bonchev–Trinajstić information content (AvgIpc) is 1.91. The van der Waals surface area contributed by atoms with Gasteiger partial charge in [0.15, 0.2) is 0 Å². The summed E-state index contributed by atoms with van der Waals surface area (Å²) in [7, 11) is 0. The van der Waals surface area contributed by atoms with Crippen molar-refractivity contribution in [3.05, 3.63) is 33.8 Å². The molecule has 1 aromatic carbocycles. The Morgan fingerprint density at radius 3 is 1.78 bits per heavy atom. The van der Waals surface area contributed by atoms with Crippen LogP contribution < -0.4 is 51.4 Å². The van der Waals surface area contributed by atoms with Crippen molar-refractivity contribution in [2.24, 2.45) is 0 Å². The van der Waals surface area contributed by atoms with E-state index in [0.29, 0.717) is 10.0 Å². The van der Waals surface area contributed by atoms with Crippen LogP contribution in [-0.4, -0.2) is 6.98 Å². The second-order valence-corrected chi connectivity index (χ2v) is 6.28. The van der Waals surface area contributed by atoms with E-state index in [1.807, 2.05) is 0 Å². The van der Waals surface area contributed by atoms with Gasteiger partial charge < -0.3 is 12.9 Å². The minimum Gasteiger partial charge on any atom is -0.449 e. The molecule has 0 spiro atoms. The zero-order chi connectivity index (χ0) is 12.5. The molecule has 0 aliphatic heterocycles. The molecule has 0 atom stereocenters. The second-order valence-electron chi connectivity index (χ2n) is 5.41. The Morgan fingerprint density at radius 2 is 1.39 bits per heavy atom. The summed E-state index contributed by atoms with van der Waals surface area (Å²) in [4.78, 5) is 0. The van der Waals surface area contributed by atoms with Crippen LogP contribution in [0, 0.1) is 0 Å². The summed E-state index contributed by atoms with van der Waals surface area (Å²) >= 11 is 11.8. The minimum atomic E-state index is -4.72. The average molecular weight is 319 g/mol. The molecule has 2 bridgehead atoms. The van der Waals surface area contributed by atoms with Gasteiger partial charge in [0.25, 0.3) is 0 Å². The van der Waals surface area contributed by atoms with E-state index in [1.165, 1.54) is 0 Å². The van der Waals surface area contributed by atoms with Crippen LogP contribution in [0.2, 0.25) is 15.4 Å². The van der Waals surface area contributed by atoms with Gasteiger partial charge in [-0.25, -0.2) is 0 Å². The van der Waals surface area contributed by atoms with Gasteiger partial charge in [-0.1, -0.05) is 47.8 Å². The molecule has 0 unspecified atom stereocenters. The molecule has 3 saturated carbocycles. The Morgan fingerprint density at radius 1 is 0.944 bits per heavy atom. The first-order valence-electron chi connectivity index (χ1n) is 5.42. The fraction of sp³-hybridized carbons (Fsp3) is 0.455. The fourth-order valence-corrected chi connectivity index (χ4v) is 3.91. The first-order valence-corrected chi connectivity index (χ1v) is 6.18. The topological polar surface area (TPSA) is 0 Å². The molecule has 0 N–H and O–H groups in total. The van der Waals surface area contributed by atoms with E-state index in [0.717, 1.165) is 5.56 Å². The Kier molecular flexibility index (Phi) is 4.05. The fourth-order valence-electron chi connectivity index (χ4n) is 3.38. The molecule has 0 heterocycles. The van der Waals surface area contributed by atoms with E-state index < -0.39 is 12.3 Å². The quantitative estimate of drug-likeness (QED) is 0.732. The number of rotatable bonds is 2. The minimum absolute atomic E-state index is 0. The molecule has 3 aliphatic carbocycles. The van der Waals surface area contributed by atoms with E-state index in [1.54, 1.807) is 18.2 Å². The molecule has 0 saturated heterocycles. The third-order valence-electron chi connectivity index (χ3n) is 4.24. The van der Waals surface area contributed by atoms with Gasteiger partial charge in [-0.15, -0.1) is 0 Å². The number of hydrogen-bond acceptors (Lipinski definition) is 0. The van der Waals surface area contributed by atoms with Crippen molar-refractivity contribution >= 4 is 30.2 Å². The molecule has 0 nitrogen and oxygen atoms in total. The van der Waals surface area contributed by atoms with Crippen molar-refractivity contribution in [1.82, 2.24) is 0 Å². The summed E-state index contributed by atoms with van der Waals surface area (Å²) in [5.74, 6) is 0. The molecule has 0 amide bonds. The van der Waals surface area contributed by atoms with Gasteiger partial charge >= 0.3 is 58.4 Å². The zero-order valence-electron chi connectivity index (χ0n) is 9.82. The maximum Gasteiger partial charge on any atom is 1.00 e. The van der Waals surface area contributed by atoms with E-state index in [9.17, 15) is 12.9 Å². The molecular weight excluding hydrogens is 310 g/mol. The van der Waals surface area contributed by atoms with E-state index in [2.05, 4.69) is 0 Å². The Bertz CT molecular complexity index is 464. The van der Waals surface area contributed by atoms with Crippen LogP contribution in [0.25, 0.3) is 0 Å². The molecule has 7 heteroatoms. The Hall–Kier alpha value is 1.29. The van der Waals surface area contributed by atoms with Crippen LogP contribution in [0.3, 0.4) is 0 Å². The summed E-state index contributed by atoms with van der Waals surface area (Å²) in [6, 6.07) is 5.07. The van der Waals surface area contributed by atoms with Gasteiger partial charge in [-0.05, 0) is 29.2 Å². The molecule has 3 fully saturated rings. The first kappa shape index (κ1) is 15.7. The van der Waals surface area contributed by atoms with Crippen LogP contribution in [0.4, 0.5) is 12.9 Å². The predicted octanol–water partition coefficient (Wildman–Crippen LogP) is 2.02. The van der Waals surface area contributed by atoms with Crippen molar-refractivity contribution < 1.29 is 64.3 Å². The smallest absolute Gasteiger partial charge is 0.449 e. The SMILES string of the molecule is F[B-](F)(F)C12CC(c3cc(Cl)cc(Cl)c3)(C1)C2.[K+]. The normalized spacial score (nSPS) is 33.2.